The van der Waals surface area contributed by atoms with Crippen molar-refractivity contribution in [2.45, 2.75) is 32.9 Å². The van der Waals surface area contributed by atoms with Crippen molar-refractivity contribution < 1.29 is 9.59 Å². The maximum Gasteiger partial charge on any atom is 0.251 e. The third-order valence-corrected chi connectivity index (χ3v) is 4.20. The molecular formula is C21H27N3O2. The third kappa shape index (κ3) is 5.92. The second-order valence-corrected chi connectivity index (χ2v) is 6.67. The van der Waals surface area contributed by atoms with Crippen molar-refractivity contribution in [2.24, 2.45) is 5.92 Å². The smallest absolute Gasteiger partial charge is 0.251 e. The summed E-state index contributed by atoms with van der Waals surface area (Å²) in [5, 5.41) is 9.09. The zero-order valence-electron chi connectivity index (χ0n) is 15.5. The van der Waals surface area contributed by atoms with Crippen molar-refractivity contribution in [2.75, 3.05) is 11.9 Å². The highest BCUT2D eigenvalue weighted by Crippen LogP contribution is 2.11. The van der Waals surface area contributed by atoms with E-state index in [1.807, 2.05) is 36.4 Å². The van der Waals surface area contributed by atoms with E-state index in [9.17, 15) is 9.59 Å². The number of anilines is 1. The van der Waals surface area contributed by atoms with Gasteiger partial charge in [0.1, 0.15) is 6.04 Å². The normalized spacial score (nSPS) is 12.9. The molecule has 26 heavy (non-hydrogen) atoms. The van der Waals surface area contributed by atoms with Gasteiger partial charge >= 0.3 is 0 Å². The van der Waals surface area contributed by atoms with Gasteiger partial charge in [-0.05, 0) is 37.1 Å². The first-order valence-corrected chi connectivity index (χ1v) is 8.92. The van der Waals surface area contributed by atoms with E-state index in [1.165, 1.54) is 0 Å². The van der Waals surface area contributed by atoms with Crippen LogP contribution in [-0.2, 0) is 4.79 Å². The maximum atomic E-state index is 12.3. The van der Waals surface area contributed by atoms with E-state index in [0.29, 0.717) is 18.0 Å². The standard InChI is InChI=1S/C21H27N3O2/c1-15(2)19(24-18-12-8-5-9-13-18)14-22-20(25)16(3)23-21(26)17-10-6-4-7-11-17/h4-13,15-16,19,24H,14H2,1-3H3,(H,22,25)(H,23,26). The van der Waals surface area contributed by atoms with Crippen molar-refractivity contribution in [1.82, 2.24) is 10.6 Å². The average molecular weight is 353 g/mol. The summed E-state index contributed by atoms with van der Waals surface area (Å²) >= 11 is 0. The van der Waals surface area contributed by atoms with Crippen molar-refractivity contribution in [3.05, 3.63) is 66.2 Å². The van der Waals surface area contributed by atoms with Crippen LogP contribution in [0.25, 0.3) is 0 Å². The van der Waals surface area contributed by atoms with E-state index >= 15 is 0 Å². The lowest BCUT2D eigenvalue weighted by Gasteiger charge is -2.25. The molecule has 0 aliphatic rings. The van der Waals surface area contributed by atoms with Crippen LogP contribution in [0.5, 0.6) is 0 Å². The minimum absolute atomic E-state index is 0.0957. The SMILES string of the molecule is CC(NC(=O)c1ccccc1)C(=O)NCC(Nc1ccccc1)C(C)C. The molecule has 2 amide bonds. The van der Waals surface area contributed by atoms with Gasteiger partial charge in [0, 0.05) is 23.8 Å². The van der Waals surface area contributed by atoms with Crippen molar-refractivity contribution in [1.29, 1.82) is 0 Å². The summed E-state index contributed by atoms with van der Waals surface area (Å²) in [6.07, 6.45) is 0. The summed E-state index contributed by atoms with van der Waals surface area (Å²) in [4.78, 5) is 24.5. The lowest BCUT2D eigenvalue weighted by molar-refractivity contribution is -0.122. The first-order chi connectivity index (χ1) is 12.5. The molecule has 5 nitrogen and oxygen atoms in total. The van der Waals surface area contributed by atoms with E-state index in [4.69, 9.17) is 0 Å². The molecule has 0 aliphatic heterocycles. The number of benzene rings is 2. The molecule has 2 aromatic rings. The Bertz CT molecular complexity index is 702. The van der Waals surface area contributed by atoms with Crippen LogP contribution in [0.4, 0.5) is 5.69 Å². The first-order valence-electron chi connectivity index (χ1n) is 8.92. The summed E-state index contributed by atoms with van der Waals surface area (Å²) < 4.78 is 0. The largest absolute Gasteiger partial charge is 0.380 e. The Hall–Kier alpha value is -2.82. The minimum atomic E-state index is -0.604. The van der Waals surface area contributed by atoms with Crippen molar-refractivity contribution >= 4 is 17.5 Å². The van der Waals surface area contributed by atoms with Gasteiger partial charge in [0.2, 0.25) is 5.91 Å². The Morgan fingerprint density at radius 3 is 2.04 bits per heavy atom. The van der Waals surface area contributed by atoms with Gasteiger partial charge in [-0.3, -0.25) is 9.59 Å². The molecule has 2 unspecified atom stereocenters. The van der Waals surface area contributed by atoms with Crippen molar-refractivity contribution in [3.63, 3.8) is 0 Å². The second kappa shape index (κ2) is 9.61. The van der Waals surface area contributed by atoms with Gasteiger partial charge in [0.15, 0.2) is 0 Å². The molecule has 5 heteroatoms. The molecule has 2 atom stereocenters. The van der Waals surface area contributed by atoms with Gasteiger partial charge in [-0.2, -0.15) is 0 Å². The van der Waals surface area contributed by atoms with E-state index in [1.54, 1.807) is 31.2 Å². The summed E-state index contributed by atoms with van der Waals surface area (Å²) in [5.41, 5.74) is 1.56. The van der Waals surface area contributed by atoms with Gasteiger partial charge < -0.3 is 16.0 Å². The minimum Gasteiger partial charge on any atom is -0.380 e. The fraction of sp³-hybridized carbons (Fsp3) is 0.333. The molecule has 0 bridgehead atoms. The second-order valence-electron chi connectivity index (χ2n) is 6.67. The zero-order chi connectivity index (χ0) is 18.9. The lowest BCUT2D eigenvalue weighted by atomic mass is 10.0. The summed E-state index contributed by atoms with van der Waals surface area (Å²) in [6.45, 7) is 6.38. The number of hydrogen-bond donors (Lipinski definition) is 3. The van der Waals surface area contributed by atoms with Gasteiger partial charge in [-0.1, -0.05) is 50.2 Å². The topological polar surface area (TPSA) is 70.2 Å². The highest BCUT2D eigenvalue weighted by atomic mass is 16.2. The summed E-state index contributed by atoms with van der Waals surface area (Å²) in [6, 6.07) is 18.3. The Morgan fingerprint density at radius 2 is 1.46 bits per heavy atom. The van der Waals surface area contributed by atoms with Gasteiger partial charge in [0.05, 0.1) is 0 Å². The summed E-state index contributed by atoms with van der Waals surface area (Å²) in [7, 11) is 0. The molecule has 2 rings (SSSR count). The molecule has 0 fully saturated rings. The van der Waals surface area contributed by atoms with Crippen LogP contribution in [0, 0.1) is 5.92 Å². The molecule has 2 aromatic carbocycles. The Labute approximate surface area is 155 Å². The van der Waals surface area contributed by atoms with E-state index < -0.39 is 6.04 Å². The predicted molar refractivity (Wildman–Crippen MR) is 105 cm³/mol. The predicted octanol–water partition coefficient (Wildman–Crippen LogP) is 3.06. The van der Waals surface area contributed by atoms with Crippen LogP contribution >= 0.6 is 0 Å². The number of para-hydroxylation sites is 1. The van der Waals surface area contributed by atoms with Crippen LogP contribution in [0.15, 0.2) is 60.7 Å². The lowest BCUT2D eigenvalue weighted by Crippen LogP contribution is -2.48. The molecule has 0 saturated carbocycles. The Morgan fingerprint density at radius 1 is 0.885 bits per heavy atom. The molecule has 0 spiro atoms. The molecular weight excluding hydrogens is 326 g/mol. The van der Waals surface area contributed by atoms with Crippen molar-refractivity contribution in [3.8, 4) is 0 Å². The summed E-state index contributed by atoms with van der Waals surface area (Å²) in [5.74, 6) is -0.115. The zero-order valence-corrected chi connectivity index (χ0v) is 15.5. The highest BCUT2D eigenvalue weighted by molar-refractivity contribution is 5.97. The first kappa shape index (κ1) is 19.5. The Kier molecular flexibility index (Phi) is 7.21. The molecule has 0 heterocycles. The number of carbonyl (C=O) groups is 2. The number of rotatable bonds is 8. The van der Waals surface area contributed by atoms with E-state index in [0.717, 1.165) is 5.69 Å². The van der Waals surface area contributed by atoms with Crippen LogP contribution in [0.2, 0.25) is 0 Å². The maximum absolute atomic E-state index is 12.3. The highest BCUT2D eigenvalue weighted by Gasteiger charge is 2.19. The molecule has 0 radical (unpaired) electrons. The number of hydrogen-bond acceptors (Lipinski definition) is 3. The fourth-order valence-electron chi connectivity index (χ4n) is 2.50. The average Bonchev–Trinajstić information content (AvgIpc) is 2.66. The Balaban J connectivity index is 1.85. The van der Waals surface area contributed by atoms with Crippen LogP contribution in [-0.4, -0.2) is 30.4 Å². The van der Waals surface area contributed by atoms with Crippen LogP contribution in [0.3, 0.4) is 0 Å². The molecule has 138 valence electrons. The monoisotopic (exact) mass is 353 g/mol. The molecule has 0 aliphatic carbocycles. The number of carbonyl (C=O) groups excluding carboxylic acids is 2. The van der Waals surface area contributed by atoms with Crippen LogP contribution < -0.4 is 16.0 Å². The quantitative estimate of drug-likeness (QED) is 0.683. The number of amides is 2. The van der Waals surface area contributed by atoms with E-state index in [2.05, 4.69) is 29.8 Å². The van der Waals surface area contributed by atoms with Gasteiger partial charge in [0.25, 0.3) is 5.91 Å². The number of nitrogens with one attached hydrogen (secondary N) is 3. The van der Waals surface area contributed by atoms with Gasteiger partial charge in [-0.15, -0.1) is 0 Å². The molecule has 0 aromatic heterocycles. The molecule has 0 saturated heterocycles. The third-order valence-electron chi connectivity index (χ3n) is 4.20. The van der Waals surface area contributed by atoms with E-state index in [-0.39, 0.29) is 17.9 Å². The van der Waals surface area contributed by atoms with Crippen LogP contribution in [0.1, 0.15) is 31.1 Å². The fourth-order valence-corrected chi connectivity index (χ4v) is 2.50. The molecule has 3 N–H and O–H groups in total. The van der Waals surface area contributed by atoms with Gasteiger partial charge in [-0.25, -0.2) is 0 Å².